The minimum absolute atomic E-state index is 0.0492. The molecule has 1 aromatic rings. The number of rotatable bonds is 5. The molecule has 0 fully saturated rings. The summed E-state index contributed by atoms with van der Waals surface area (Å²) in [6, 6.07) is 7.25. The largest absolute Gasteiger partial charge is 0.497 e. The third-order valence-corrected chi connectivity index (χ3v) is 2.08. The Hall–Kier alpha value is -2.43. The lowest BCUT2D eigenvalue weighted by Gasteiger charge is -1.98. The molecule has 1 aromatic carbocycles. The molecule has 5 heteroatoms. The van der Waals surface area contributed by atoms with Crippen molar-refractivity contribution in [2.45, 2.75) is 6.92 Å². The van der Waals surface area contributed by atoms with Gasteiger partial charge < -0.3 is 9.84 Å². The van der Waals surface area contributed by atoms with Gasteiger partial charge in [0.05, 0.1) is 7.11 Å². The van der Waals surface area contributed by atoms with Crippen LogP contribution in [0.2, 0.25) is 0 Å². The Labute approximate surface area is 105 Å². The zero-order valence-electron chi connectivity index (χ0n) is 10.3. The van der Waals surface area contributed by atoms with Crippen LogP contribution < -0.4 is 4.74 Å². The molecule has 0 bridgehead atoms. The van der Waals surface area contributed by atoms with Crippen LogP contribution in [-0.4, -0.2) is 30.1 Å². The van der Waals surface area contributed by atoms with Gasteiger partial charge in [0.15, 0.2) is 0 Å². The van der Waals surface area contributed by atoms with Crippen molar-refractivity contribution >= 4 is 17.9 Å². The minimum Gasteiger partial charge on any atom is -0.497 e. The highest BCUT2D eigenvalue weighted by Crippen LogP contribution is 2.10. The van der Waals surface area contributed by atoms with E-state index in [9.17, 15) is 4.79 Å². The van der Waals surface area contributed by atoms with Crippen molar-refractivity contribution in [3.05, 3.63) is 42.2 Å². The summed E-state index contributed by atoms with van der Waals surface area (Å²) < 4.78 is 5.02. The molecule has 0 saturated heterocycles. The van der Waals surface area contributed by atoms with E-state index < -0.39 is 5.97 Å². The van der Waals surface area contributed by atoms with Gasteiger partial charge in [-0.3, -0.25) is 0 Å². The molecule has 1 N–H and O–H groups in total. The van der Waals surface area contributed by atoms with E-state index in [0.717, 1.165) is 11.3 Å². The zero-order chi connectivity index (χ0) is 13.5. The standard InChI is InChI=1S/C13H14N2O3/c1-9(13(16)17)15-10(2)14-8-11-4-6-12(18-3)7-5-11/h4-8H,2H2,1,3H3,(H,16,17). The predicted octanol–water partition coefficient (Wildman–Crippen LogP) is 2.13. The summed E-state index contributed by atoms with van der Waals surface area (Å²) in [6.45, 7) is 4.94. The molecule has 0 amide bonds. The number of aliphatic imine (C=N–C) groups is 2. The van der Waals surface area contributed by atoms with Gasteiger partial charge in [-0.15, -0.1) is 0 Å². The van der Waals surface area contributed by atoms with Crippen LogP contribution in [-0.2, 0) is 4.79 Å². The Morgan fingerprint density at radius 3 is 2.50 bits per heavy atom. The van der Waals surface area contributed by atoms with Crippen molar-refractivity contribution in [1.29, 1.82) is 0 Å². The number of carboxylic acid groups (broad SMARTS) is 1. The van der Waals surface area contributed by atoms with Crippen molar-refractivity contribution in [3.63, 3.8) is 0 Å². The summed E-state index contributed by atoms with van der Waals surface area (Å²) >= 11 is 0. The number of carboxylic acids is 1. The molecule has 0 atom stereocenters. The number of methoxy groups -OCH3 is 1. The molecule has 18 heavy (non-hydrogen) atoms. The van der Waals surface area contributed by atoms with Crippen LogP contribution in [0.4, 0.5) is 0 Å². The van der Waals surface area contributed by atoms with Crippen LogP contribution in [0.5, 0.6) is 5.75 Å². The number of hydrogen-bond donors (Lipinski definition) is 1. The second-order valence-corrected chi connectivity index (χ2v) is 3.45. The summed E-state index contributed by atoms with van der Waals surface area (Å²) in [5.74, 6) is -0.188. The van der Waals surface area contributed by atoms with Crippen molar-refractivity contribution in [3.8, 4) is 5.75 Å². The average molecular weight is 246 g/mol. The fourth-order valence-corrected chi connectivity index (χ4v) is 1.11. The summed E-state index contributed by atoms with van der Waals surface area (Å²) in [6.07, 6.45) is 1.56. The van der Waals surface area contributed by atoms with Gasteiger partial charge in [-0.1, -0.05) is 6.58 Å². The molecular weight excluding hydrogens is 232 g/mol. The van der Waals surface area contributed by atoms with E-state index in [4.69, 9.17) is 9.84 Å². The highest BCUT2D eigenvalue weighted by molar-refractivity contribution is 6.34. The Bertz CT molecular complexity index is 501. The zero-order valence-corrected chi connectivity index (χ0v) is 10.3. The monoisotopic (exact) mass is 246 g/mol. The van der Waals surface area contributed by atoms with Crippen molar-refractivity contribution in [2.24, 2.45) is 9.98 Å². The van der Waals surface area contributed by atoms with Crippen LogP contribution in [0, 0.1) is 0 Å². The molecular formula is C13H14N2O3. The van der Waals surface area contributed by atoms with Gasteiger partial charge in [0, 0.05) is 6.21 Å². The molecule has 0 aromatic heterocycles. The van der Waals surface area contributed by atoms with Crippen LogP contribution in [0.3, 0.4) is 0 Å². The van der Waals surface area contributed by atoms with Gasteiger partial charge in [-0.25, -0.2) is 14.8 Å². The highest BCUT2D eigenvalue weighted by atomic mass is 16.5. The lowest BCUT2D eigenvalue weighted by atomic mass is 10.2. The van der Waals surface area contributed by atoms with Crippen molar-refractivity contribution in [1.82, 2.24) is 0 Å². The summed E-state index contributed by atoms with van der Waals surface area (Å²) in [7, 11) is 1.59. The average Bonchev–Trinajstić information content (AvgIpc) is 2.36. The molecule has 1 rings (SSSR count). The van der Waals surface area contributed by atoms with Gasteiger partial charge in [0.1, 0.15) is 17.3 Å². The summed E-state index contributed by atoms with van der Waals surface area (Å²) in [4.78, 5) is 18.2. The minimum atomic E-state index is -1.09. The molecule has 0 unspecified atom stereocenters. The molecule has 0 aliphatic heterocycles. The van der Waals surface area contributed by atoms with Gasteiger partial charge in [0.2, 0.25) is 0 Å². The molecule has 0 aliphatic carbocycles. The molecule has 0 spiro atoms. The van der Waals surface area contributed by atoms with E-state index in [-0.39, 0.29) is 11.5 Å². The molecule has 5 nitrogen and oxygen atoms in total. The molecule has 0 saturated carbocycles. The third kappa shape index (κ3) is 4.21. The van der Waals surface area contributed by atoms with E-state index in [1.165, 1.54) is 6.92 Å². The van der Waals surface area contributed by atoms with E-state index in [2.05, 4.69) is 16.6 Å². The van der Waals surface area contributed by atoms with Gasteiger partial charge >= 0.3 is 5.97 Å². The normalized spacial score (nSPS) is 11.6. The Morgan fingerprint density at radius 1 is 1.39 bits per heavy atom. The van der Waals surface area contributed by atoms with Gasteiger partial charge in [-0.05, 0) is 36.8 Å². The van der Waals surface area contributed by atoms with E-state index in [1.807, 2.05) is 12.1 Å². The number of hydrogen-bond acceptors (Lipinski definition) is 4. The number of aliphatic carboxylic acids is 1. The Kier molecular flexibility index (Phi) is 4.80. The second kappa shape index (κ2) is 6.34. The fourth-order valence-electron chi connectivity index (χ4n) is 1.11. The summed E-state index contributed by atoms with van der Waals surface area (Å²) in [5.41, 5.74) is 0.798. The number of carbonyl (C=O) groups is 1. The first-order valence-electron chi connectivity index (χ1n) is 5.18. The SMILES string of the molecule is C=C(N=Cc1ccc(OC)cc1)N=C(C)C(=O)O. The number of nitrogens with zero attached hydrogens (tertiary/aromatic N) is 2. The molecule has 0 aliphatic rings. The quantitative estimate of drug-likeness (QED) is 0.809. The maximum Gasteiger partial charge on any atom is 0.350 e. The first kappa shape index (κ1) is 13.6. The van der Waals surface area contributed by atoms with Crippen molar-refractivity contribution < 1.29 is 14.6 Å². The first-order valence-corrected chi connectivity index (χ1v) is 5.18. The second-order valence-electron chi connectivity index (χ2n) is 3.45. The van der Waals surface area contributed by atoms with Crippen LogP contribution >= 0.6 is 0 Å². The van der Waals surface area contributed by atoms with Gasteiger partial charge in [0.25, 0.3) is 0 Å². The lowest BCUT2D eigenvalue weighted by Crippen LogP contribution is -2.07. The third-order valence-electron chi connectivity index (χ3n) is 2.08. The van der Waals surface area contributed by atoms with Crippen molar-refractivity contribution in [2.75, 3.05) is 7.11 Å². The molecule has 94 valence electrons. The number of ether oxygens (including phenoxy) is 1. The Balaban J connectivity index is 2.71. The smallest absolute Gasteiger partial charge is 0.350 e. The van der Waals surface area contributed by atoms with Gasteiger partial charge in [-0.2, -0.15) is 0 Å². The highest BCUT2D eigenvalue weighted by Gasteiger charge is 2.01. The topological polar surface area (TPSA) is 71.2 Å². The van der Waals surface area contributed by atoms with Crippen LogP contribution in [0.1, 0.15) is 12.5 Å². The predicted molar refractivity (Wildman–Crippen MR) is 70.5 cm³/mol. The fraction of sp³-hybridized carbons (Fsp3) is 0.154. The Morgan fingerprint density at radius 2 is 2.00 bits per heavy atom. The molecule has 0 radical (unpaired) electrons. The maximum absolute atomic E-state index is 10.5. The van der Waals surface area contributed by atoms with Crippen LogP contribution in [0.25, 0.3) is 0 Å². The first-order chi connectivity index (χ1) is 8.52. The number of benzene rings is 1. The van der Waals surface area contributed by atoms with E-state index in [0.29, 0.717) is 0 Å². The van der Waals surface area contributed by atoms with Crippen LogP contribution in [0.15, 0.2) is 46.7 Å². The summed E-state index contributed by atoms with van der Waals surface area (Å²) in [5, 5.41) is 8.64. The van der Waals surface area contributed by atoms with E-state index in [1.54, 1.807) is 25.5 Å². The lowest BCUT2D eigenvalue weighted by molar-refractivity contribution is -0.129. The maximum atomic E-state index is 10.5. The molecule has 0 heterocycles. The van der Waals surface area contributed by atoms with E-state index >= 15 is 0 Å².